The molecular weight excluding hydrogens is 364 g/mol. The lowest BCUT2D eigenvalue weighted by Gasteiger charge is -2.26. The molecule has 0 bridgehead atoms. The molecule has 1 N–H and O–H groups in total. The Bertz CT molecular complexity index is 1010. The molecule has 5 nitrogen and oxygen atoms in total. The van der Waals surface area contributed by atoms with E-state index in [2.05, 4.69) is 5.32 Å². The standard InChI is InChI=1S/C24H26N2O3/c1-17-5-10-21-20(16-29-22(21)13-17)14-23(27)25-15-18-6-8-19(9-7-18)24(28)26-11-3-2-4-12-26/h5-10,13,16H,2-4,11-12,14-15H2,1H3,(H,25,27). The van der Waals surface area contributed by atoms with Crippen LogP contribution in [0.15, 0.2) is 53.1 Å². The largest absolute Gasteiger partial charge is 0.464 e. The van der Waals surface area contributed by atoms with Crippen LogP contribution in [-0.4, -0.2) is 29.8 Å². The molecule has 1 aliphatic heterocycles. The van der Waals surface area contributed by atoms with Gasteiger partial charge in [0.1, 0.15) is 5.58 Å². The van der Waals surface area contributed by atoms with Gasteiger partial charge in [-0.15, -0.1) is 0 Å². The average Bonchev–Trinajstić information content (AvgIpc) is 3.14. The van der Waals surface area contributed by atoms with E-state index in [0.717, 1.165) is 53.6 Å². The van der Waals surface area contributed by atoms with Crippen LogP contribution in [0, 0.1) is 6.92 Å². The molecule has 2 heterocycles. The Morgan fingerprint density at radius 1 is 1.03 bits per heavy atom. The summed E-state index contributed by atoms with van der Waals surface area (Å²) < 4.78 is 5.56. The molecule has 5 heteroatoms. The second kappa shape index (κ2) is 8.52. The summed E-state index contributed by atoms with van der Waals surface area (Å²) in [7, 11) is 0. The lowest BCUT2D eigenvalue weighted by atomic mass is 10.1. The van der Waals surface area contributed by atoms with Crippen LogP contribution in [0.1, 0.15) is 46.3 Å². The Hall–Kier alpha value is -3.08. The molecule has 1 aliphatic rings. The molecular formula is C24H26N2O3. The number of piperidine rings is 1. The highest BCUT2D eigenvalue weighted by Crippen LogP contribution is 2.22. The number of likely N-dealkylation sites (tertiary alicyclic amines) is 1. The van der Waals surface area contributed by atoms with Crippen molar-refractivity contribution in [2.75, 3.05) is 13.1 Å². The molecule has 0 aliphatic carbocycles. The van der Waals surface area contributed by atoms with Crippen molar-refractivity contribution in [3.8, 4) is 0 Å². The van der Waals surface area contributed by atoms with Crippen LogP contribution < -0.4 is 5.32 Å². The summed E-state index contributed by atoms with van der Waals surface area (Å²) in [5.41, 5.74) is 4.51. The quantitative estimate of drug-likeness (QED) is 0.709. The van der Waals surface area contributed by atoms with E-state index in [-0.39, 0.29) is 18.2 Å². The summed E-state index contributed by atoms with van der Waals surface area (Å²) in [5.74, 6) is 0.0455. The number of fused-ring (bicyclic) bond motifs is 1. The molecule has 2 aromatic carbocycles. The van der Waals surface area contributed by atoms with E-state index in [1.165, 1.54) is 6.42 Å². The van der Waals surface area contributed by atoms with Gasteiger partial charge in [-0.2, -0.15) is 0 Å². The van der Waals surface area contributed by atoms with E-state index in [4.69, 9.17) is 4.42 Å². The molecule has 0 saturated carbocycles. The molecule has 0 unspecified atom stereocenters. The van der Waals surface area contributed by atoms with Crippen LogP contribution in [0.5, 0.6) is 0 Å². The molecule has 0 spiro atoms. The predicted octanol–water partition coefficient (Wildman–Crippen LogP) is 4.23. The van der Waals surface area contributed by atoms with E-state index < -0.39 is 0 Å². The monoisotopic (exact) mass is 390 g/mol. The second-order valence-electron chi connectivity index (χ2n) is 7.76. The third-order valence-electron chi connectivity index (χ3n) is 5.50. The third kappa shape index (κ3) is 4.50. The summed E-state index contributed by atoms with van der Waals surface area (Å²) >= 11 is 0. The Kier molecular flexibility index (Phi) is 5.65. The molecule has 1 saturated heterocycles. The van der Waals surface area contributed by atoms with E-state index in [0.29, 0.717) is 12.1 Å². The van der Waals surface area contributed by atoms with Crippen molar-refractivity contribution in [1.82, 2.24) is 10.2 Å². The van der Waals surface area contributed by atoms with Crippen LogP contribution in [0.2, 0.25) is 0 Å². The fourth-order valence-electron chi connectivity index (χ4n) is 3.81. The molecule has 1 fully saturated rings. The number of benzene rings is 2. The molecule has 2 amide bonds. The van der Waals surface area contributed by atoms with Crippen molar-refractivity contribution in [3.05, 3.63) is 71.0 Å². The maximum Gasteiger partial charge on any atom is 0.253 e. The van der Waals surface area contributed by atoms with Gasteiger partial charge in [-0.25, -0.2) is 0 Å². The van der Waals surface area contributed by atoms with Crippen LogP contribution >= 0.6 is 0 Å². The van der Waals surface area contributed by atoms with Gasteiger partial charge in [0.05, 0.1) is 12.7 Å². The summed E-state index contributed by atoms with van der Waals surface area (Å²) in [4.78, 5) is 26.8. The highest BCUT2D eigenvalue weighted by atomic mass is 16.3. The number of carbonyl (C=O) groups excluding carboxylic acids is 2. The first-order chi connectivity index (χ1) is 14.1. The first-order valence-electron chi connectivity index (χ1n) is 10.2. The van der Waals surface area contributed by atoms with Crippen LogP contribution in [-0.2, 0) is 17.8 Å². The lowest BCUT2D eigenvalue weighted by molar-refractivity contribution is -0.120. The molecule has 1 aromatic heterocycles. The fraction of sp³-hybridized carbons (Fsp3) is 0.333. The van der Waals surface area contributed by atoms with E-state index >= 15 is 0 Å². The van der Waals surface area contributed by atoms with Gasteiger partial charge in [-0.1, -0.05) is 24.3 Å². The Labute approximate surface area is 170 Å². The van der Waals surface area contributed by atoms with Gasteiger partial charge in [-0.05, 0) is 55.5 Å². The number of nitrogens with one attached hydrogen (secondary N) is 1. The van der Waals surface area contributed by atoms with Gasteiger partial charge < -0.3 is 14.6 Å². The number of nitrogens with zero attached hydrogens (tertiary/aromatic N) is 1. The minimum absolute atomic E-state index is 0.0539. The number of rotatable bonds is 5. The molecule has 4 rings (SSSR count). The average molecular weight is 390 g/mol. The van der Waals surface area contributed by atoms with Crippen molar-refractivity contribution in [1.29, 1.82) is 0 Å². The summed E-state index contributed by atoms with van der Waals surface area (Å²) in [6.07, 6.45) is 5.31. The molecule has 0 radical (unpaired) electrons. The number of amides is 2. The first-order valence-corrected chi connectivity index (χ1v) is 10.2. The third-order valence-corrected chi connectivity index (χ3v) is 5.50. The number of carbonyl (C=O) groups is 2. The zero-order valence-electron chi connectivity index (χ0n) is 16.7. The van der Waals surface area contributed by atoms with Crippen LogP contribution in [0.25, 0.3) is 11.0 Å². The minimum Gasteiger partial charge on any atom is -0.464 e. The van der Waals surface area contributed by atoms with Gasteiger partial charge in [0, 0.05) is 36.1 Å². The predicted molar refractivity (Wildman–Crippen MR) is 113 cm³/mol. The summed E-state index contributed by atoms with van der Waals surface area (Å²) in [6.45, 7) is 4.14. The summed E-state index contributed by atoms with van der Waals surface area (Å²) in [6, 6.07) is 13.5. The van der Waals surface area contributed by atoms with Crippen LogP contribution in [0.3, 0.4) is 0 Å². The maximum absolute atomic E-state index is 12.5. The van der Waals surface area contributed by atoms with Gasteiger partial charge in [0.2, 0.25) is 5.91 Å². The van der Waals surface area contributed by atoms with Gasteiger partial charge in [0.15, 0.2) is 0 Å². The molecule has 29 heavy (non-hydrogen) atoms. The van der Waals surface area contributed by atoms with E-state index in [9.17, 15) is 9.59 Å². The van der Waals surface area contributed by atoms with Crippen molar-refractivity contribution >= 4 is 22.8 Å². The summed E-state index contributed by atoms with van der Waals surface area (Å²) in [5, 5.41) is 3.93. The number of furan rings is 1. The second-order valence-corrected chi connectivity index (χ2v) is 7.76. The minimum atomic E-state index is -0.0539. The SMILES string of the molecule is Cc1ccc2c(CC(=O)NCc3ccc(C(=O)N4CCCCC4)cc3)coc2c1. The zero-order chi connectivity index (χ0) is 20.2. The highest BCUT2D eigenvalue weighted by Gasteiger charge is 2.18. The fourth-order valence-corrected chi connectivity index (χ4v) is 3.81. The van der Waals surface area contributed by atoms with E-state index in [1.54, 1.807) is 6.26 Å². The van der Waals surface area contributed by atoms with E-state index in [1.807, 2.05) is 54.3 Å². The molecule has 150 valence electrons. The topological polar surface area (TPSA) is 62.6 Å². The van der Waals surface area contributed by atoms with Gasteiger partial charge >= 0.3 is 0 Å². The Morgan fingerprint density at radius 2 is 1.79 bits per heavy atom. The molecule has 0 atom stereocenters. The highest BCUT2D eigenvalue weighted by molar-refractivity contribution is 5.94. The smallest absolute Gasteiger partial charge is 0.253 e. The normalized spacial score (nSPS) is 14.2. The van der Waals surface area contributed by atoms with Crippen molar-refractivity contribution < 1.29 is 14.0 Å². The Balaban J connectivity index is 1.32. The van der Waals surface area contributed by atoms with Gasteiger partial charge in [-0.3, -0.25) is 9.59 Å². The van der Waals surface area contributed by atoms with Crippen molar-refractivity contribution in [2.45, 2.75) is 39.2 Å². The van der Waals surface area contributed by atoms with Crippen molar-refractivity contribution in [2.24, 2.45) is 0 Å². The zero-order valence-corrected chi connectivity index (χ0v) is 16.7. The Morgan fingerprint density at radius 3 is 2.55 bits per heavy atom. The number of hydrogen-bond donors (Lipinski definition) is 1. The first kappa shape index (κ1) is 19.2. The maximum atomic E-state index is 12.5. The number of aryl methyl sites for hydroxylation is 1. The van der Waals surface area contributed by atoms with Gasteiger partial charge in [0.25, 0.3) is 5.91 Å². The number of hydrogen-bond acceptors (Lipinski definition) is 3. The lowest BCUT2D eigenvalue weighted by Crippen LogP contribution is -2.35. The van der Waals surface area contributed by atoms with Crippen LogP contribution in [0.4, 0.5) is 0 Å². The molecule has 3 aromatic rings. The van der Waals surface area contributed by atoms with Crippen molar-refractivity contribution in [3.63, 3.8) is 0 Å².